The van der Waals surface area contributed by atoms with Crippen molar-refractivity contribution < 1.29 is 9.53 Å². The predicted molar refractivity (Wildman–Crippen MR) is 84.0 cm³/mol. The van der Waals surface area contributed by atoms with Gasteiger partial charge in [0.15, 0.2) is 0 Å². The number of amides is 1. The fourth-order valence-electron chi connectivity index (χ4n) is 2.71. The fourth-order valence-corrected chi connectivity index (χ4v) is 2.71. The van der Waals surface area contributed by atoms with Gasteiger partial charge in [0.25, 0.3) is 0 Å². The lowest BCUT2D eigenvalue weighted by molar-refractivity contribution is 0.0288. The van der Waals surface area contributed by atoms with Crippen LogP contribution in [-0.4, -0.2) is 29.7 Å². The minimum atomic E-state index is -0.426. The van der Waals surface area contributed by atoms with Gasteiger partial charge in [-0.05, 0) is 50.7 Å². The molecular formula is C17H26N2O2. The lowest BCUT2D eigenvalue weighted by Gasteiger charge is -2.24. The zero-order valence-corrected chi connectivity index (χ0v) is 13.3. The minimum Gasteiger partial charge on any atom is -0.444 e. The Bertz CT molecular complexity index is 494. The summed E-state index contributed by atoms with van der Waals surface area (Å²) in [5, 5.41) is 0. The lowest BCUT2D eigenvalue weighted by atomic mass is 9.97. The molecule has 4 nitrogen and oxygen atoms in total. The standard InChI is InChI=1S/C17H26N2O2/c1-17(2,3)21-16(20)19-8-7-15(12-19)10-13-5-4-6-14(9-13)11-18/h4-6,9,15H,7-8,10-12,18H2,1-3H3. The van der Waals surface area contributed by atoms with Gasteiger partial charge in [-0.15, -0.1) is 0 Å². The number of likely N-dealkylation sites (tertiary alicyclic amines) is 1. The first-order valence-corrected chi connectivity index (χ1v) is 7.63. The molecule has 1 fully saturated rings. The fraction of sp³-hybridized carbons (Fsp3) is 0.588. The van der Waals surface area contributed by atoms with Crippen LogP contribution in [0.3, 0.4) is 0 Å². The number of rotatable bonds is 3. The van der Waals surface area contributed by atoms with Crippen LogP contribution >= 0.6 is 0 Å². The maximum absolute atomic E-state index is 12.0. The molecule has 0 spiro atoms. The van der Waals surface area contributed by atoms with Crippen molar-refractivity contribution in [2.24, 2.45) is 11.7 Å². The second kappa shape index (κ2) is 6.48. The molecular weight excluding hydrogens is 264 g/mol. The van der Waals surface area contributed by atoms with Crippen molar-refractivity contribution in [1.29, 1.82) is 0 Å². The highest BCUT2D eigenvalue weighted by Crippen LogP contribution is 2.23. The molecule has 1 amide bonds. The van der Waals surface area contributed by atoms with E-state index in [0.29, 0.717) is 12.5 Å². The second-order valence-electron chi connectivity index (χ2n) is 6.81. The van der Waals surface area contributed by atoms with Gasteiger partial charge in [-0.25, -0.2) is 4.79 Å². The third-order valence-corrected chi connectivity index (χ3v) is 3.69. The van der Waals surface area contributed by atoms with Gasteiger partial charge in [-0.2, -0.15) is 0 Å². The largest absolute Gasteiger partial charge is 0.444 e. The number of hydrogen-bond donors (Lipinski definition) is 1. The van der Waals surface area contributed by atoms with Crippen molar-refractivity contribution in [3.05, 3.63) is 35.4 Å². The van der Waals surface area contributed by atoms with E-state index in [4.69, 9.17) is 10.5 Å². The van der Waals surface area contributed by atoms with E-state index in [1.165, 1.54) is 5.56 Å². The number of nitrogens with zero attached hydrogens (tertiary/aromatic N) is 1. The molecule has 116 valence electrons. The van der Waals surface area contributed by atoms with Gasteiger partial charge in [0, 0.05) is 19.6 Å². The SMILES string of the molecule is CC(C)(C)OC(=O)N1CCC(Cc2cccc(CN)c2)C1. The van der Waals surface area contributed by atoms with Crippen molar-refractivity contribution >= 4 is 6.09 Å². The van der Waals surface area contributed by atoms with E-state index in [0.717, 1.165) is 31.5 Å². The number of carbonyl (C=O) groups is 1. The lowest BCUT2D eigenvalue weighted by Crippen LogP contribution is -2.35. The Labute approximate surface area is 127 Å². The number of benzene rings is 1. The first-order chi connectivity index (χ1) is 9.87. The molecule has 1 aliphatic heterocycles. The summed E-state index contributed by atoms with van der Waals surface area (Å²) in [6.45, 7) is 7.84. The molecule has 2 rings (SSSR count). The number of nitrogens with two attached hydrogens (primary N) is 1. The van der Waals surface area contributed by atoms with Crippen LogP contribution in [0.5, 0.6) is 0 Å². The Morgan fingerprint density at radius 1 is 1.38 bits per heavy atom. The summed E-state index contributed by atoms with van der Waals surface area (Å²) < 4.78 is 5.43. The van der Waals surface area contributed by atoms with E-state index >= 15 is 0 Å². The molecule has 0 aromatic heterocycles. The number of ether oxygens (including phenoxy) is 1. The average Bonchev–Trinajstić information content (AvgIpc) is 2.85. The van der Waals surface area contributed by atoms with Crippen molar-refractivity contribution in [2.45, 2.75) is 45.8 Å². The van der Waals surface area contributed by atoms with E-state index in [2.05, 4.69) is 18.2 Å². The second-order valence-corrected chi connectivity index (χ2v) is 6.81. The molecule has 2 N–H and O–H groups in total. The highest BCUT2D eigenvalue weighted by molar-refractivity contribution is 5.68. The van der Waals surface area contributed by atoms with Crippen LogP contribution in [0.2, 0.25) is 0 Å². The van der Waals surface area contributed by atoms with E-state index in [1.807, 2.05) is 31.7 Å². The molecule has 0 saturated carbocycles. The summed E-state index contributed by atoms with van der Waals surface area (Å²) in [5.41, 5.74) is 7.71. The van der Waals surface area contributed by atoms with Crippen molar-refractivity contribution in [1.82, 2.24) is 4.90 Å². The zero-order chi connectivity index (χ0) is 15.5. The van der Waals surface area contributed by atoms with Crippen LogP contribution in [0, 0.1) is 5.92 Å². The Kier molecular flexibility index (Phi) is 4.88. The molecule has 1 aromatic carbocycles. The Balaban J connectivity index is 1.89. The van der Waals surface area contributed by atoms with Crippen LogP contribution in [0.4, 0.5) is 4.79 Å². The van der Waals surface area contributed by atoms with E-state index in [-0.39, 0.29) is 6.09 Å². The maximum Gasteiger partial charge on any atom is 0.410 e. The van der Waals surface area contributed by atoms with Crippen LogP contribution in [-0.2, 0) is 17.7 Å². The van der Waals surface area contributed by atoms with Crippen molar-refractivity contribution in [3.63, 3.8) is 0 Å². The smallest absolute Gasteiger partial charge is 0.410 e. The van der Waals surface area contributed by atoms with Crippen LogP contribution in [0.25, 0.3) is 0 Å². The normalized spacial score (nSPS) is 18.9. The monoisotopic (exact) mass is 290 g/mol. The molecule has 1 saturated heterocycles. The Morgan fingerprint density at radius 2 is 2.10 bits per heavy atom. The first kappa shape index (κ1) is 15.8. The topological polar surface area (TPSA) is 55.6 Å². The van der Waals surface area contributed by atoms with Gasteiger partial charge >= 0.3 is 6.09 Å². The highest BCUT2D eigenvalue weighted by atomic mass is 16.6. The van der Waals surface area contributed by atoms with E-state index < -0.39 is 5.60 Å². The molecule has 0 bridgehead atoms. The summed E-state index contributed by atoms with van der Waals surface area (Å²) in [5.74, 6) is 0.505. The average molecular weight is 290 g/mol. The summed E-state index contributed by atoms with van der Waals surface area (Å²) in [6.07, 6.45) is 1.83. The van der Waals surface area contributed by atoms with Gasteiger partial charge < -0.3 is 15.4 Å². The molecule has 1 atom stereocenters. The molecule has 21 heavy (non-hydrogen) atoms. The predicted octanol–water partition coefficient (Wildman–Crippen LogP) is 2.94. The Hall–Kier alpha value is -1.55. The minimum absolute atomic E-state index is 0.194. The summed E-state index contributed by atoms with van der Waals surface area (Å²) >= 11 is 0. The van der Waals surface area contributed by atoms with E-state index in [9.17, 15) is 4.79 Å². The highest BCUT2D eigenvalue weighted by Gasteiger charge is 2.29. The van der Waals surface area contributed by atoms with Gasteiger partial charge in [0.2, 0.25) is 0 Å². The molecule has 1 aromatic rings. The van der Waals surface area contributed by atoms with Crippen molar-refractivity contribution in [3.8, 4) is 0 Å². The molecule has 0 aliphatic carbocycles. The van der Waals surface area contributed by atoms with Crippen LogP contribution in [0.15, 0.2) is 24.3 Å². The van der Waals surface area contributed by atoms with Gasteiger partial charge in [-0.3, -0.25) is 0 Å². The third kappa shape index (κ3) is 4.74. The van der Waals surface area contributed by atoms with Crippen LogP contribution in [0.1, 0.15) is 38.3 Å². The molecule has 1 unspecified atom stereocenters. The maximum atomic E-state index is 12.0. The van der Waals surface area contributed by atoms with Gasteiger partial charge in [-0.1, -0.05) is 24.3 Å². The summed E-state index contributed by atoms with van der Waals surface area (Å²) in [4.78, 5) is 13.9. The molecule has 0 radical (unpaired) electrons. The summed E-state index contributed by atoms with van der Waals surface area (Å²) in [6, 6.07) is 8.40. The van der Waals surface area contributed by atoms with Crippen molar-refractivity contribution in [2.75, 3.05) is 13.1 Å². The molecule has 4 heteroatoms. The molecule has 1 heterocycles. The van der Waals surface area contributed by atoms with Crippen LogP contribution < -0.4 is 5.73 Å². The number of hydrogen-bond acceptors (Lipinski definition) is 3. The third-order valence-electron chi connectivity index (χ3n) is 3.69. The van der Waals surface area contributed by atoms with Gasteiger partial charge in [0.05, 0.1) is 0 Å². The quantitative estimate of drug-likeness (QED) is 0.931. The first-order valence-electron chi connectivity index (χ1n) is 7.63. The van der Waals surface area contributed by atoms with E-state index in [1.54, 1.807) is 0 Å². The number of carbonyl (C=O) groups excluding carboxylic acids is 1. The Morgan fingerprint density at radius 3 is 2.76 bits per heavy atom. The summed E-state index contributed by atoms with van der Waals surface area (Å²) in [7, 11) is 0. The zero-order valence-electron chi connectivity index (χ0n) is 13.3. The molecule has 1 aliphatic rings. The van der Waals surface area contributed by atoms with Gasteiger partial charge in [0.1, 0.15) is 5.60 Å².